The van der Waals surface area contributed by atoms with E-state index in [1.54, 1.807) is 12.1 Å². The third-order valence-corrected chi connectivity index (χ3v) is 2.54. The van der Waals surface area contributed by atoms with Crippen molar-refractivity contribution in [1.29, 1.82) is 5.26 Å². The van der Waals surface area contributed by atoms with E-state index < -0.39 is 11.8 Å². The molecule has 0 bridgehead atoms. The summed E-state index contributed by atoms with van der Waals surface area (Å²) >= 11 is 0. The van der Waals surface area contributed by atoms with Gasteiger partial charge in [0.2, 0.25) is 0 Å². The summed E-state index contributed by atoms with van der Waals surface area (Å²) in [6, 6.07) is 7.60. The molecule has 0 aliphatic carbocycles. The van der Waals surface area contributed by atoms with Gasteiger partial charge in [-0.05, 0) is 12.1 Å². The Morgan fingerprint density at radius 3 is 2.95 bits per heavy atom. The fraction of sp³-hybridized carbons (Fsp3) is 0.154. The van der Waals surface area contributed by atoms with Crippen molar-refractivity contribution in [3.63, 3.8) is 0 Å². The zero-order chi connectivity index (χ0) is 14.5. The molecular formula is C13H11FN4O2. The number of carbonyl (C=O) groups is 1. The monoisotopic (exact) mass is 274 g/mol. The number of nitriles is 1. The third kappa shape index (κ3) is 3.11. The Bertz CT molecular complexity index is 675. The quantitative estimate of drug-likeness (QED) is 0.846. The maximum atomic E-state index is 13.7. The maximum absolute atomic E-state index is 13.7. The van der Waals surface area contributed by atoms with E-state index in [4.69, 9.17) is 15.7 Å². The molecule has 2 N–H and O–H groups in total. The van der Waals surface area contributed by atoms with Gasteiger partial charge in [-0.15, -0.1) is 0 Å². The van der Waals surface area contributed by atoms with Crippen LogP contribution in [0.5, 0.6) is 0 Å². The number of nitrogen functional groups attached to an aromatic ring is 1. The van der Waals surface area contributed by atoms with E-state index >= 15 is 0 Å². The standard InChI is InChI=1S/C13H11FN4O2/c14-13-9(6-15)2-1-3-10(13)8-20-12(19)7-18-5-4-11(16)17-18/h1-5H,7-8H2,(H2,16,17). The Morgan fingerprint density at radius 2 is 2.30 bits per heavy atom. The summed E-state index contributed by atoms with van der Waals surface area (Å²) in [5, 5.41) is 12.5. The highest BCUT2D eigenvalue weighted by molar-refractivity contribution is 5.69. The van der Waals surface area contributed by atoms with Gasteiger partial charge >= 0.3 is 5.97 Å². The molecule has 0 saturated heterocycles. The Hall–Kier alpha value is -2.88. The highest BCUT2D eigenvalue weighted by atomic mass is 19.1. The van der Waals surface area contributed by atoms with E-state index in [-0.39, 0.29) is 24.3 Å². The predicted molar refractivity (Wildman–Crippen MR) is 67.6 cm³/mol. The smallest absolute Gasteiger partial charge is 0.328 e. The van der Waals surface area contributed by atoms with Crippen molar-refractivity contribution in [1.82, 2.24) is 9.78 Å². The molecule has 1 aromatic heterocycles. The van der Waals surface area contributed by atoms with Crippen LogP contribution in [0.25, 0.3) is 0 Å². The summed E-state index contributed by atoms with van der Waals surface area (Å²) in [5.74, 6) is -0.952. The van der Waals surface area contributed by atoms with Crippen LogP contribution in [0.15, 0.2) is 30.5 Å². The molecule has 0 fully saturated rings. The van der Waals surface area contributed by atoms with Crippen LogP contribution < -0.4 is 5.73 Å². The molecule has 1 aromatic carbocycles. The van der Waals surface area contributed by atoms with Crippen LogP contribution in [-0.2, 0) is 22.7 Å². The topological polar surface area (TPSA) is 93.9 Å². The molecule has 0 saturated carbocycles. The molecule has 0 amide bonds. The number of hydrogen-bond donors (Lipinski definition) is 1. The highest BCUT2D eigenvalue weighted by Crippen LogP contribution is 2.13. The van der Waals surface area contributed by atoms with Gasteiger partial charge in [-0.2, -0.15) is 10.4 Å². The summed E-state index contributed by atoms with van der Waals surface area (Å²) in [7, 11) is 0. The first-order chi connectivity index (χ1) is 9.60. The van der Waals surface area contributed by atoms with E-state index in [9.17, 15) is 9.18 Å². The molecule has 0 atom stereocenters. The number of ether oxygens (including phenoxy) is 1. The molecule has 0 aliphatic rings. The van der Waals surface area contributed by atoms with Gasteiger partial charge in [-0.25, -0.2) is 4.39 Å². The van der Waals surface area contributed by atoms with Crippen molar-refractivity contribution >= 4 is 11.8 Å². The van der Waals surface area contributed by atoms with E-state index in [1.165, 1.54) is 29.1 Å². The largest absolute Gasteiger partial charge is 0.459 e. The summed E-state index contributed by atoms with van der Waals surface area (Å²) in [5.41, 5.74) is 5.47. The lowest BCUT2D eigenvalue weighted by atomic mass is 10.1. The zero-order valence-corrected chi connectivity index (χ0v) is 10.4. The number of benzene rings is 1. The Kier molecular flexibility index (Phi) is 3.96. The van der Waals surface area contributed by atoms with Crippen molar-refractivity contribution in [3.05, 3.63) is 47.4 Å². The maximum Gasteiger partial charge on any atom is 0.328 e. The van der Waals surface area contributed by atoms with E-state index in [1.807, 2.05) is 0 Å². The van der Waals surface area contributed by atoms with Crippen molar-refractivity contribution < 1.29 is 13.9 Å². The molecule has 2 rings (SSSR count). The zero-order valence-electron chi connectivity index (χ0n) is 10.4. The molecule has 2 aromatic rings. The van der Waals surface area contributed by atoms with Crippen LogP contribution in [0.3, 0.4) is 0 Å². The van der Waals surface area contributed by atoms with Crippen LogP contribution >= 0.6 is 0 Å². The minimum atomic E-state index is -0.675. The first-order valence-electron chi connectivity index (χ1n) is 5.72. The van der Waals surface area contributed by atoms with E-state index in [0.29, 0.717) is 5.82 Å². The molecule has 7 heteroatoms. The number of nitrogens with zero attached hydrogens (tertiary/aromatic N) is 3. The number of nitrogens with two attached hydrogens (primary N) is 1. The summed E-state index contributed by atoms with van der Waals surface area (Å²) in [6.45, 7) is -0.353. The lowest BCUT2D eigenvalue weighted by Gasteiger charge is -2.06. The first-order valence-corrected chi connectivity index (χ1v) is 5.72. The van der Waals surface area contributed by atoms with Gasteiger partial charge in [0, 0.05) is 11.8 Å². The van der Waals surface area contributed by atoms with Crippen molar-refractivity contribution in [2.45, 2.75) is 13.2 Å². The van der Waals surface area contributed by atoms with Crippen LogP contribution in [-0.4, -0.2) is 15.7 Å². The summed E-state index contributed by atoms with van der Waals surface area (Å²) < 4.78 is 20.0. The van der Waals surface area contributed by atoms with Gasteiger partial charge in [0.05, 0.1) is 5.56 Å². The predicted octanol–water partition coefficient (Wildman–Crippen LogP) is 1.22. The molecule has 20 heavy (non-hydrogen) atoms. The molecule has 102 valence electrons. The van der Waals surface area contributed by atoms with Crippen molar-refractivity contribution in [2.24, 2.45) is 0 Å². The Balaban J connectivity index is 1.95. The second-order valence-corrected chi connectivity index (χ2v) is 3.99. The minimum Gasteiger partial charge on any atom is -0.459 e. The normalized spacial score (nSPS) is 10.0. The summed E-state index contributed by atoms with van der Waals surface area (Å²) in [4.78, 5) is 11.5. The lowest BCUT2D eigenvalue weighted by molar-refractivity contribution is -0.145. The SMILES string of the molecule is N#Cc1cccc(COC(=O)Cn2ccc(N)n2)c1F. The average Bonchev–Trinajstić information content (AvgIpc) is 2.83. The second kappa shape index (κ2) is 5.84. The van der Waals surface area contributed by atoms with Gasteiger partial charge in [-0.1, -0.05) is 12.1 Å². The molecule has 1 heterocycles. The molecule has 6 nitrogen and oxygen atoms in total. The van der Waals surface area contributed by atoms with Gasteiger partial charge in [0.15, 0.2) is 0 Å². The van der Waals surface area contributed by atoms with Crippen LogP contribution in [0.2, 0.25) is 0 Å². The van der Waals surface area contributed by atoms with Crippen LogP contribution in [0, 0.1) is 17.1 Å². The van der Waals surface area contributed by atoms with Gasteiger partial charge in [0.1, 0.15) is 30.9 Å². The lowest BCUT2D eigenvalue weighted by Crippen LogP contribution is -2.14. The van der Waals surface area contributed by atoms with Crippen LogP contribution in [0.1, 0.15) is 11.1 Å². The fourth-order valence-corrected chi connectivity index (χ4v) is 1.58. The Labute approximate surface area is 114 Å². The van der Waals surface area contributed by atoms with Crippen molar-refractivity contribution in [2.75, 3.05) is 5.73 Å². The fourth-order valence-electron chi connectivity index (χ4n) is 1.58. The number of carbonyl (C=O) groups excluding carboxylic acids is 1. The highest BCUT2D eigenvalue weighted by Gasteiger charge is 2.11. The Morgan fingerprint density at radius 1 is 1.50 bits per heavy atom. The molecule has 0 unspecified atom stereocenters. The second-order valence-electron chi connectivity index (χ2n) is 3.99. The van der Waals surface area contributed by atoms with Gasteiger partial charge < -0.3 is 10.5 Å². The molecule has 0 spiro atoms. The number of hydrogen-bond acceptors (Lipinski definition) is 5. The third-order valence-electron chi connectivity index (χ3n) is 2.54. The van der Waals surface area contributed by atoms with E-state index in [0.717, 1.165) is 0 Å². The first kappa shape index (κ1) is 13.5. The van der Waals surface area contributed by atoms with Crippen LogP contribution in [0.4, 0.5) is 10.2 Å². The number of anilines is 1. The molecule has 0 radical (unpaired) electrons. The number of esters is 1. The van der Waals surface area contributed by atoms with E-state index in [2.05, 4.69) is 5.10 Å². The average molecular weight is 274 g/mol. The number of rotatable bonds is 4. The number of halogens is 1. The van der Waals surface area contributed by atoms with Gasteiger partial charge in [0.25, 0.3) is 0 Å². The van der Waals surface area contributed by atoms with Gasteiger partial charge in [-0.3, -0.25) is 9.48 Å². The summed E-state index contributed by atoms with van der Waals surface area (Å²) in [6.07, 6.45) is 1.54. The minimum absolute atomic E-state index is 0.0848. The van der Waals surface area contributed by atoms with Crippen molar-refractivity contribution in [3.8, 4) is 6.07 Å². The number of aromatic nitrogens is 2. The molecule has 0 aliphatic heterocycles. The molecular weight excluding hydrogens is 263 g/mol.